The van der Waals surface area contributed by atoms with Crippen molar-refractivity contribution in [1.82, 2.24) is 19.8 Å². The molecule has 0 unspecified atom stereocenters. The number of piperidine rings is 1. The molecular formula is C35H34FN5O3S. The maximum Gasteiger partial charge on any atom is 0.254 e. The van der Waals surface area contributed by atoms with Crippen molar-refractivity contribution in [1.29, 1.82) is 0 Å². The molecule has 5 heterocycles. The second-order valence-electron chi connectivity index (χ2n) is 12.7. The first-order valence-corrected chi connectivity index (χ1v) is 16.3. The van der Waals surface area contributed by atoms with Gasteiger partial charge in [-0.1, -0.05) is 12.1 Å². The van der Waals surface area contributed by atoms with Crippen LogP contribution in [0, 0.1) is 12.8 Å². The summed E-state index contributed by atoms with van der Waals surface area (Å²) in [5.74, 6) is 0.959. The SMILES string of the molecule is COc1cc(C(=O)N2C[C@H](N)C[C@@H](F)C2)cc2sc(-c3cc4ccc(-c5ccc6c(c5)C(=O)NC6)nc4n3CC3CC3)c(C)c12. The Morgan fingerprint density at radius 3 is 2.78 bits per heavy atom. The quantitative estimate of drug-likeness (QED) is 0.239. The second-order valence-corrected chi connectivity index (χ2v) is 13.7. The lowest BCUT2D eigenvalue weighted by molar-refractivity contribution is 0.0606. The smallest absolute Gasteiger partial charge is 0.254 e. The van der Waals surface area contributed by atoms with Gasteiger partial charge in [0.15, 0.2) is 0 Å². The van der Waals surface area contributed by atoms with Crippen LogP contribution in [0.3, 0.4) is 0 Å². The number of aromatic nitrogens is 2. The summed E-state index contributed by atoms with van der Waals surface area (Å²) in [4.78, 5) is 33.6. The van der Waals surface area contributed by atoms with Crippen molar-refractivity contribution in [2.75, 3.05) is 20.2 Å². The van der Waals surface area contributed by atoms with E-state index < -0.39 is 6.17 Å². The van der Waals surface area contributed by atoms with Gasteiger partial charge < -0.3 is 25.3 Å². The zero-order valence-electron chi connectivity index (χ0n) is 25.2. The van der Waals surface area contributed by atoms with Gasteiger partial charge in [-0.15, -0.1) is 11.3 Å². The van der Waals surface area contributed by atoms with Crippen LogP contribution in [0.4, 0.5) is 4.39 Å². The Kier molecular flexibility index (Phi) is 6.69. The lowest BCUT2D eigenvalue weighted by Gasteiger charge is -2.33. The molecule has 45 heavy (non-hydrogen) atoms. The molecule has 3 aromatic heterocycles. The standard InChI is InChI=1S/C35H34FN5O3S/c1-18-31-29(44-2)11-23(35(43)40-16-24(36)13-25(37)17-40)12-30(31)45-32(18)28-10-21-7-8-27(39-33(21)41(28)15-19-3-4-19)20-5-6-22-14-38-34(42)26(22)9-20/h5-12,19,24-25H,3-4,13-17,37H2,1-2H3,(H,38,42)/t24-,25-/m1/s1. The van der Waals surface area contributed by atoms with Gasteiger partial charge in [0.05, 0.1) is 29.9 Å². The zero-order valence-corrected chi connectivity index (χ0v) is 26.0. The number of carbonyl (C=O) groups is 2. The first-order chi connectivity index (χ1) is 21.8. The third-order valence-corrected chi connectivity index (χ3v) is 10.6. The Hall–Kier alpha value is -4.28. The van der Waals surface area contributed by atoms with E-state index in [0.717, 1.165) is 60.6 Å². The molecule has 10 heteroatoms. The van der Waals surface area contributed by atoms with E-state index in [1.54, 1.807) is 24.5 Å². The van der Waals surface area contributed by atoms with E-state index >= 15 is 0 Å². The number of fused-ring (bicyclic) bond motifs is 3. The number of aryl methyl sites for hydroxylation is 1. The number of carbonyl (C=O) groups excluding carboxylic acids is 2. The number of likely N-dealkylation sites (tertiary alicyclic amines) is 1. The highest BCUT2D eigenvalue weighted by Crippen LogP contribution is 2.45. The number of thiophene rings is 1. The molecule has 230 valence electrons. The van der Waals surface area contributed by atoms with E-state index in [1.807, 2.05) is 30.3 Å². The molecule has 0 radical (unpaired) electrons. The van der Waals surface area contributed by atoms with Gasteiger partial charge in [-0.25, -0.2) is 9.37 Å². The van der Waals surface area contributed by atoms with Crippen molar-refractivity contribution < 1.29 is 18.7 Å². The number of rotatable bonds is 6. The normalized spacial score (nSPS) is 19.7. The fourth-order valence-corrected chi connectivity index (χ4v) is 8.17. The number of benzene rings is 2. The Morgan fingerprint density at radius 1 is 1.16 bits per heavy atom. The van der Waals surface area contributed by atoms with Gasteiger partial charge in [0.1, 0.15) is 17.6 Å². The van der Waals surface area contributed by atoms with Crippen molar-refractivity contribution in [3.8, 4) is 27.6 Å². The summed E-state index contributed by atoms with van der Waals surface area (Å²) in [5.41, 5.74) is 13.1. The summed E-state index contributed by atoms with van der Waals surface area (Å²) >= 11 is 1.63. The number of methoxy groups -OCH3 is 1. The molecule has 2 aromatic carbocycles. The largest absolute Gasteiger partial charge is 0.496 e. The Morgan fingerprint density at radius 2 is 2.00 bits per heavy atom. The average molecular weight is 624 g/mol. The van der Waals surface area contributed by atoms with Crippen LogP contribution in [-0.2, 0) is 13.1 Å². The van der Waals surface area contributed by atoms with E-state index in [4.69, 9.17) is 15.5 Å². The van der Waals surface area contributed by atoms with Crippen LogP contribution < -0.4 is 15.8 Å². The number of halogens is 1. The van der Waals surface area contributed by atoms with E-state index in [0.29, 0.717) is 35.9 Å². The second kappa shape index (κ2) is 10.7. The molecule has 3 N–H and O–H groups in total. The number of nitrogens with one attached hydrogen (secondary N) is 1. The van der Waals surface area contributed by atoms with E-state index in [9.17, 15) is 14.0 Å². The highest BCUT2D eigenvalue weighted by molar-refractivity contribution is 7.22. The lowest BCUT2D eigenvalue weighted by Crippen LogP contribution is -2.50. The molecule has 0 spiro atoms. The minimum absolute atomic E-state index is 0.0426. The van der Waals surface area contributed by atoms with Crippen molar-refractivity contribution >= 4 is 44.3 Å². The van der Waals surface area contributed by atoms with Gasteiger partial charge in [0.2, 0.25) is 0 Å². The number of pyridine rings is 1. The predicted octanol–water partition coefficient (Wildman–Crippen LogP) is 6.07. The fraction of sp³-hybridized carbons (Fsp3) is 0.343. The first kappa shape index (κ1) is 28.2. The topological polar surface area (TPSA) is 102 Å². The molecule has 2 fully saturated rings. The van der Waals surface area contributed by atoms with E-state index in [2.05, 4.69) is 28.9 Å². The summed E-state index contributed by atoms with van der Waals surface area (Å²) in [6.07, 6.45) is 1.55. The molecule has 5 aromatic rings. The maximum absolute atomic E-state index is 14.3. The molecule has 8 nitrogen and oxygen atoms in total. The van der Waals surface area contributed by atoms with Gasteiger partial charge in [0.25, 0.3) is 11.8 Å². The number of alkyl halides is 1. The molecule has 2 amide bonds. The molecule has 1 aliphatic carbocycles. The Labute approximate surface area is 264 Å². The fourth-order valence-electron chi connectivity index (χ4n) is 6.88. The zero-order chi connectivity index (χ0) is 31.0. The highest BCUT2D eigenvalue weighted by atomic mass is 32.1. The number of hydrogen-bond acceptors (Lipinski definition) is 6. The molecule has 3 aliphatic rings. The van der Waals surface area contributed by atoms with Gasteiger partial charge in [0, 0.05) is 57.8 Å². The molecule has 1 saturated carbocycles. The monoisotopic (exact) mass is 623 g/mol. The van der Waals surface area contributed by atoms with Crippen LogP contribution in [0.1, 0.15) is 51.1 Å². The number of nitrogens with zero attached hydrogens (tertiary/aromatic N) is 3. The summed E-state index contributed by atoms with van der Waals surface area (Å²) in [6, 6.07) is 15.6. The van der Waals surface area contributed by atoms with Crippen LogP contribution in [0.15, 0.2) is 48.5 Å². The van der Waals surface area contributed by atoms with Gasteiger partial charge in [-0.2, -0.15) is 0 Å². The van der Waals surface area contributed by atoms with Crippen LogP contribution in [0.5, 0.6) is 5.75 Å². The number of amides is 2. The number of ether oxygens (including phenoxy) is 1. The van der Waals surface area contributed by atoms with Gasteiger partial charge >= 0.3 is 0 Å². The highest BCUT2D eigenvalue weighted by Gasteiger charge is 2.31. The van der Waals surface area contributed by atoms with Crippen LogP contribution in [0.2, 0.25) is 0 Å². The summed E-state index contributed by atoms with van der Waals surface area (Å²) in [6.45, 7) is 3.92. The van der Waals surface area contributed by atoms with Crippen LogP contribution >= 0.6 is 11.3 Å². The average Bonchev–Trinajstić information content (AvgIpc) is 3.56. The molecular weight excluding hydrogens is 589 g/mol. The van der Waals surface area contributed by atoms with Crippen molar-refractivity contribution in [2.45, 2.75) is 51.5 Å². The minimum atomic E-state index is -1.12. The van der Waals surface area contributed by atoms with Crippen LogP contribution in [0.25, 0.3) is 42.9 Å². The van der Waals surface area contributed by atoms with Crippen molar-refractivity contribution in [3.63, 3.8) is 0 Å². The van der Waals surface area contributed by atoms with E-state index in [1.165, 1.54) is 17.7 Å². The molecule has 1 saturated heterocycles. The van der Waals surface area contributed by atoms with Crippen molar-refractivity contribution in [3.05, 3.63) is 70.8 Å². The maximum atomic E-state index is 14.3. The molecule has 2 atom stereocenters. The summed E-state index contributed by atoms with van der Waals surface area (Å²) in [7, 11) is 1.62. The number of nitrogens with two attached hydrogens (primary N) is 1. The molecule has 2 aliphatic heterocycles. The van der Waals surface area contributed by atoms with Crippen LogP contribution in [-0.4, -0.2) is 58.7 Å². The third kappa shape index (κ3) is 4.87. The minimum Gasteiger partial charge on any atom is -0.496 e. The Bertz CT molecular complexity index is 2020. The first-order valence-electron chi connectivity index (χ1n) is 15.5. The van der Waals surface area contributed by atoms with Crippen molar-refractivity contribution in [2.24, 2.45) is 11.7 Å². The molecule has 8 rings (SSSR count). The predicted molar refractivity (Wildman–Crippen MR) is 175 cm³/mol. The summed E-state index contributed by atoms with van der Waals surface area (Å²) in [5, 5.41) is 4.92. The third-order valence-electron chi connectivity index (χ3n) is 9.38. The molecule has 0 bridgehead atoms. The van der Waals surface area contributed by atoms with Gasteiger partial charge in [-0.3, -0.25) is 9.59 Å². The lowest BCUT2D eigenvalue weighted by atomic mass is 10.0. The van der Waals surface area contributed by atoms with E-state index in [-0.39, 0.29) is 30.8 Å². The Balaban J connectivity index is 1.23. The van der Waals surface area contributed by atoms with Gasteiger partial charge in [-0.05, 0) is 79.6 Å². The number of hydrogen-bond donors (Lipinski definition) is 2. The summed E-state index contributed by atoms with van der Waals surface area (Å²) < 4.78 is 23.4.